The number of amides is 1. The highest BCUT2D eigenvalue weighted by molar-refractivity contribution is 6.30. The molecule has 0 bridgehead atoms. The lowest BCUT2D eigenvalue weighted by Crippen LogP contribution is -2.30. The van der Waals surface area contributed by atoms with E-state index in [4.69, 9.17) is 25.8 Å². The summed E-state index contributed by atoms with van der Waals surface area (Å²) < 4.78 is 18.1. The Balaban J connectivity index is 1.55. The van der Waals surface area contributed by atoms with Crippen LogP contribution in [0.25, 0.3) is 5.69 Å². The minimum absolute atomic E-state index is 0.0177. The summed E-state index contributed by atoms with van der Waals surface area (Å²) in [5.41, 5.74) is 1.10. The van der Waals surface area contributed by atoms with E-state index in [9.17, 15) is 9.59 Å². The first kappa shape index (κ1) is 24.2. The van der Waals surface area contributed by atoms with Crippen molar-refractivity contribution >= 4 is 28.9 Å². The van der Waals surface area contributed by atoms with E-state index in [2.05, 4.69) is 15.7 Å². The van der Waals surface area contributed by atoms with Gasteiger partial charge in [-0.1, -0.05) is 23.7 Å². The first-order chi connectivity index (χ1) is 17.9. The standard InChI is InChI=1S/C27H23ClN4O5/c1-16(2)30-26(33)17-5-3-7-19(11-17)31-25-24(37-21-9-10-22-23(13-21)36-15-35-22)14-29-32(27(25)34)20-8-4-6-18(28)12-20/h3-14,16,31H,15H2,1-2H3,(H,30,33). The average Bonchev–Trinajstić information content (AvgIpc) is 3.34. The molecule has 188 valence electrons. The van der Waals surface area contributed by atoms with Crippen LogP contribution in [0.15, 0.2) is 77.7 Å². The van der Waals surface area contributed by atoms with Crippen LogP contribution in [0, 0.1) is 0 Å². The number of nitrogens with one attached hydrogen (secondary N) is 2. The van der Waals surface area contributed by atoms with Crippen molar-refractivity contribution in [2.75, 3.05) is 12.1 Å². The van der Waals surface area contributed by atoms with Crippen molar-refractivity contribution in [3.05, 3.63) is 93.9 Å². The average molecular weight is 519 g/mol. The number of benzene rings is 3. The van der Waals surface area contributed by atoms with Crippen LogP contribution in [-0.4, -0.2) is 28.5 Å². The van der Waals surface area contributed by atoms with Crippen LogP contribution < -0.4 is 30.4 Å². The van der Waals surface area contributed by atoms with Gasteiger partial charge in [-0.05, 0) is 62.4 Å². The molecule has 9 nitrogen and oxygen atoms in total. The Kier molecular flexibility index (Phi) is 6.70. The first-order valence-electron chi connectivity index (χ1n) is 11.5. The molecule has 3 aromatic carbocycles. The highest BCUT2D eigenvalue weighted by Gasteiger charge is 2.19. The largest absolute Gasteiger partial charge is 0.454 e. The molecule has 37 heavy (non-hydrogen) atoms. The number of hydrogen-bond donors (Lipinski definition) is 2. The Morgan fingerprint density at radius 3 is 2.68 bits per heavy atom. The van der Waals surface area contributed by atoms with Crippen LogP contribution in [-0.2, 0) is 0 Å². The van der Waals surface area contributed by atoms with Gasteiger partial charge in [-0.15, -0.1) is 0 Å². The van der Waals surface area contributed by atoms with Gasteiger partial charge in [0, 0.05) is 28.4 Å². The van der Waals surface area contributed by atoms with E-state index >= 15 is 0 Å². The highest BCUT2D eigenvalue weighted by atomic mass is 35.5. The summed E-state index contributed by atoms with van der Waals surface area (Å²) >= 11 is 6.14. The zero-order valence-electron chi connectivity index (χ0n) is 20.0. The Hall–Kier alpha value is -4.50. The molecule has 2 heterocycles. The van der Waals surface area contributed by atoms with Crippen molar-refractivity contribution in [1.29, 1.82) is 0 Å². The smallest absolute Gasteiger partial charge is 0.299 e. The molecule has 1 aromatic heterocycles. The number of fused-ring (bicyclic) bond motifs is 1. The quantitative estimate of drug-likeness (QED) is 0.342. The third-order valence-electron chi connectivity index (χ3n) is 5.38. The van der Waals surface area contributed by atoms with Crippen molar-refractivity contribution in [3.8, 4) is 28.7 Å². The lowest BCUT2D eigenvalue weighted by molar-refractivity contribution is 0.0943. The molecule has 0 unspecified atom stereocenters. The second kappa shape index (κ2) is 10.2. The number of ether oxygens (including phenoxy) is 3. The molecule has 2 N–H and O–H groups in total. The summed E-state index contributed by atoms with van der Waals surface area (Å²) in [5.74, 6) is 1.53. The second-order valence-corrected chi connectivity index (χ2v) is 8.97. The van der Waals surface area contributed by atoms with E-state index in [0.717, 1.165) is 0 Å². The van der Waals surface area contributed by atoms with Gasteiger partial charge in [-0.3, -0.25) is 9.59 Å². The minimum Gasteiger partial charge on any atom is -0.454 e. The lowest BCUT2D eigenvalue weighted by atomic mass is 10.1. The van der Waals surface area contributed by atoms with Gasteiger partial charge in [0.05, 0.1) is 11.9 Å². The molecular weight excluding hydrogens is 496 g/mol. The van der Waals surface area contributed by atoms with E-state index in [-0.39, 0.29) is 30.2 Å². The van der Waals surface area contributed by atoms with Crippen LogP contribution in [0.1, 0.15) is 24.2 Å². The number of carbonyl (C=O) groups excluding carboxylic acids is 1. The first-order valence-corrected chi connectivity index (χ1v) is 11.9. The van der Waals surface area contributed by atoms with Crippen LogP contribution in [0.5, 0.6) is 23.0 Å². The summed E-state index contributed by atoms with van der Waals surface area (Å²) in [6, 6.07) is 18.7. The Morgan fingerprint density at radius 2 is 1.86 bits per heavy atom. The van der Waals surface area contributed by atoms with E-state index in [1.807, 2.05) is 13.8 Å². The topological polar surface area (TPSA) is 104 Å². The monoisotopic (exact) mass is 518 g/mol. The fraction of sp³-hybridized carbons (Fsp3) is 0.148. The van der Waals surface area contributed by atoms with Gasteiger partial charge in [0.2, 0.25) is 6.79 Å². The summed E-state index contributed by atoms with van der Waals surface area (Å²) in [7, 11) is 0. The zero-order chi connectivity index (χ0) is 25.9. The molecule has 1 aliphatic heterocycles. The number of carbonyl (C=O) groups is 1. The number of nitrogens with zero attached hydrogens (tertiary/aromatic N) is 2. The number of halogens is 1. The van der Waals surface area contributed by atoms with Gasteiger partial charge in [0.25, 0.3) is 11.5 Å². The number of aromatic nitrogens is 2. The Morgan fingerprint density at radius 1 is 1.05 bits per heavy atom. The molecule has 0 saturated carbocycles. The number of hydrogen-bond acceptors (Lipinski definition) is 7. The van der Waals surface area contributed by atoms with Crippen LogP contribution in [0.3, 0.4) is 0 Å². The normalized spacial score (nSPS) is 11.9. The molecule has 0 fully saturated rings. The molecule has 1 aliphatic rings. The molecule has 1 amide bonds. The van der Waals surface area contributed by atoms with E-state index in [1.54, 1.807) is 66.7 Å². The van der Waals surface area contributed by atoms with Crippen LogP contribution in [0.4, 0.5) is 11.4 Å². The van der Waals surface area contributed by atoms with Gasteiger partial charge in [-0.2, -0.15) is 9.78 Å². The molecule has 4 aromatic rings. The van der Waals surface area contributed by atoms with Crippen molar-refractivity contribution < 1.29 is 19.0 Å². The molecule has 0 aliphatic carbocycles. The van der Waals surface area contributed by atoms with Gasteiger partial charge in [-0.25, -0.2) is 0 Å². The minimum atomic E-state index is -0.474. The Bertz CT molecular complexity index is 1540. The van der Waals surface area contributed by atoms with Crippen molar-refractivity contribution in [3.63, 3.8) is 0 Å². The summed E-state index contributed by atoms with van der Waals surface area (Å²) in [5, 5.41) is 10.7. The van der Waals surface area contributed by atoms with Gasteiger partial charge < -0.3 is 24.8 Å². The van der Waals surface area contributed by atoms with Gasteiger partial charge >= 0.3 is 0 Å². The zero-order valence-corrected chi connectivity index (χ0v) is 20.8. The van der Waals surface area contributed by atoms with Crippen molar-refractivity contribution in [2.24, 2.45) is 0 Å². The second-order valence-electron chi connectivity index (χ2n) is 8.53. The maximum Gasteiger partial charge on any atom is 0.299 e. The molecule has 0 spiro atoms. The SMILES string of the molecule is CC(C)NC(=O)c1cccc(Nc2c(Oc3ccc4c(c3)OCO4)cnn(-c3cccc(Cl)c3)c2=O)c1. The van der Waals surface area contributed by atoms with E-state index in [1.165, 1.54) is 10.9 Å². The van der Waals surface area contributed by atoms with Crippen LogP contribution in [0.2, 0.25) is 5.02 Å². The maximum atomic E-state index is 13.6. The molecular formula is C27H23ClN4O5. The molecule has 0 atom stereocenters. The predicted molar refractivity (Wildman–Crippen MR) is 140 cm³/mol. The fourth-order valence-electron chi connectivity index (χ4n) is 3.72. The van der Waals surface area contributed by atoms with Gasteiger partial charge in [0.15, 0.2) is 22.9 Å². The maximum absolute atomic E-state index is 13.6. The molecule has 0 saturated heterocycles. The van der Waals surface area contributed by atoms with Crippen molar-refractivity contribution in [2.45, 2.75) is 19.9 Å². The summed E-state index contributed by atoms with van der Waals surface area (Å²) in [6.07, 6.45) is 1.44. The number of anilines is 2. The van der Waals surface area contributed by atoms with E-state index < -0.39 is 5.56 Å². The fourth-order valence-corrected chi connectivity index (χ4v) is 3.90. The molecule has 0 radical (unpaired) electrons. The Labute approximate surface area is 217 Å². The summed E-state index contributed by atoms with van der Waals surface area (Å²) in [6.45, 7) is 3.90. The predicted octanol–water partition coefficient (Wildman–Crippen LogP) is 5.29. The lowest BCUT2D eigenvalue weighted by Gasteiger charge is -2.15. The molecule has 5 rings (SSSR count). The van der Waals surface area contributed by atoms with Gasteiger partial charge in [0.1, 0.15) is 5.75 Å². The van der Waals surface area contributed by atoms with Crippen LogP contribution >= 0.6 is 11.6 Å². The van der Waals surface area contributed by atoms with Crippen molar-refractivity contribution in [1.82, 2.24) is 15.1 Å². The summed E-state index contributed by atoms with van der Waals surface area (Å²) in [4.78, 5) is 26.2. The van der Waals surface area contributed by atoms with E-state index in [0.29, 0.717) is 39.2 Å². The number of rotatable bonds is 7. The third-order valence-corrected chi connectivity index (χ3v) is 5.62. The third kappa shape index (κ3) is 5.36. The highest BCUT2D eigenvalue weighted by Crippen LogP contribution is 2.37. The molecule has 10 heteroatoms.